The van der Waals surface area contributed by atoms with Gasteiger partial charge < -0.3 is 25.8 Å². The van der Waals surface area contributed by atoms with Crippen LogP contribution in [0, 0.1) is 16.7 Å². The van der Waals surface area contributed by atoms with Crippen LogP contribution in [0.1, 0.15) is 45.4 Å². The lowest BCUT2D eigenvalue weighted by Gasteiger charge is -2.33. The zero-order valence-electron chi connectivity index (χ0n) is 21.8. The summed E-state index contributed by atoms with van der Waals surface area (Å²) in [5.74, 6) is 1.28. The summed E-state index contributed by atoms with van der Waals surface area (Å²) in [6, 6.07) is 9.89. The lowest BCUT2D eigenvalue weighted by Crippen LogP contribution is -2.52. The Morgan fingerprint density at radius 3 is 2.51 bits per heavy atom. The minimum atomic E-state index is -4.68. The van der Waals surface area contributed by atoms with E-state index in [0.29, 0.717) is 73.4 Å². The minimum Gasteiger partial charge on any atom is -0.381 e. The molecular formula is C27H34ClF3N6O2. The van der Waals surface area contributed by atoms with Crippen LogP contribution in [0.3, 0.4) is 0 Å². The highest BCUT2D eigenvalue weighted by molar-refractivity contribution is 6.33. The van der Waals surface area contributed by atoms with E-state index in [9.17, 15) is 23.5 Å². The molecule has 2 fully saturated rings. The van der Waals surface area contributed by atoms with Crippen LogP contribution < -0.4 is 16.0 Å². The van der Waals surface area contributed by atoms with Crippen molar-refractivity contribution in [1.29, 1.82) is 5.26 Å². The van der Waals surface area contributed by atoms with E-state index in [2.05, 4.69) is 27.0 Å². The Morgan fingerprint density at radius 2 is 1.85 bits per heavy atom. The average molecular weight is 567 g/mol. The number of halogens is 4. The van der Waals surface area contributed by atoms with Crippen molar-refractivity contribution < 1.29 is 23.0 Å². The van der Waals surface area contributed by atoms with Crippen molar-refractivity contribution in [2.75, 3.05) is 36.9 Å². The highest BCUT2D eigenvalue weighted by atomic mass is 35.5. The number of alkyl halides is 3. The summed E-state index contributed by atoms with van der Waals surface area (Å²) in [4.78, 5) is 9.11. The van der Waals surface area contributed by atoms with Crippen molar-refractivity contribution in [2.45, 2.75) is 69.3 Å². The summed E-state index contributed by atoms with van der Waals surface area (Å²) in [6.07, 6.45) is 1.09. The summed E-state index contributed by atoms with van der Waals surface area (Å²) in [7, 11) is 0. The number of ether oxygens (including phenoxy) is 1. The number of nitrogens with one attached hydrogen (secondary N) is 3. The Hall–Kier alpha value is -2.65. The van der Waals surface area contributed by atoms with E-state index in [1.165, 1.54) is 0 Å². The Bertz CT molecular complexity index is 1160. The maximum Gasteiger partial charge on any atom is 0.418 e. The standard InChI is InChI=1S/C27H34ClF3N6O2/c1-25(38,27(29,30)31)16-34-18-5-7-19(8-6-18)36-24-13-20(21(28)14-33-24)22-3-2-4-23(37-22)35-17-26(15-32)9-11-39-12-10-26/h2-4,13-14,18-19,34,38H,5-12,16-17H2,1H3,(H,33,36)(H,35,37). The highest BCUT2D eigenvalue weighted by Crippen LogP contribution is 2.33. The predicted octanol–water partition coefficient (Wildman–Crippen LogP) is 5.16. The van der Waals surface area contributed by atoms with Gasteiger partial charge in [-0.3, -0.25) is 0 Å². The lowest BCUT2D eigenvalue weighted by molar-refractivity contribution is -0.250. The predicted molar refractivity (Wildman–Crippen MR) is 143 cm³/mol. The monoisotopic (exact) mass is 566 g/mol. The zero-order chi connectivity index (χ0) is 28.1. The van der Waals surface area contributed by atoms with Gasteiger partial charge in [0.2, 0.25) is 0 Å². The van der Waals surface area contributed by atoms with Gasteiger partial charge in [-0.2, -0.15) is 18.4 Å². The Balaban J connectivity index is 1.34. The Kier molecular flexibility index (Phi) is 9.21. The van der Waals surface area contributed by atoms with Crippen molar-refractivity contribution in [1.82, 2.24) is 15.3 Å². The van der Waals surface area contributed by atoms with Crippen LogP contribution >= 0.6 is 11.6 Å². The van der Waals surface area contributed by atoms with Crippen LogP contribution in [0.4, 0.5) is 24.8 Å². The smallest absolute Gasteiger partial charge is 0.381 e. The number of nitriles is 1. The van der Waals surface area contributed by atoms with Gasteiger partial charge >= 0.3 is 6.18 Å². The molecule has 4 rings (SSSR count). The third-order valence-corrected chi connectivity index (χ3v) is 7.90. The molecule has 1 unspecified atom stereocenters. The molecule has 2 aliphatic rings. The van der Waals surface area contributed by atoms with Crippen molar-refractivity contribution >= 4 is 23.2 Å². The van der Waals surface area contributed by atoms with Crippen molar-refractivity contribution in [2.24, 2.45) is 5.41 Å². The minimum absolute atomic E-state index is 0.0913. The molecule has 2 aromatic heterocycles. The summed E-state index contributed by atoms with van der Waals surface area (Å²) in [5, 5.41) is 29.4. The topological polar surface area (TPSA) is 115 Å². The molecule has 1 aliphatic carbocycles. The summed E-state index contributed by atoms with van der Waals surface area (Å²) < 4.78 is 44.1. The molecule has 1 saturated heterocycles. The van der Waals surface area contributed by atoms with Crippen LogP contribution in [-0.4, -0.2) is 65.2 Å². The van der Waals surface area contributed by atoms with E-state index in [0.717, 1.165) is 19.8 Å². The van der Waals surface area contributed by atoms with Gasteiger partial charge in [-0.1, -0.05) is 17.7 Å². The highest BCUT2D eigenvalue weighted by Gasteiger charge is 2.49. The van der Waals surface area contributed by atoms with Crippen LogP contribution in [-0.2, 0) is 4.74 Å². The second-order valence-corrected chi connectivity index (χ2v) is 11.1. The second kappa shape index (κ2) is 12.3. The van der Waals surface area contributed by atoms with Crippen LogP contribution in [0.15, 0.2) is 30.5 Å². The Morgan fingerprint density at radius 1 is 1.15 bits per heavy atom. The number of hydrogen-bond donors (Lipinski definition) is 4. The van der Waals surface area contributed by atoms with E-state index in [1.54, 1.807) is 6.20 Å². The third kappa shape index (κ3) is 7.51. The summed E-state index contributed by atoms with van der Waals surface area (Å²) in [5.41, 5.74) is -1.86. The molecule has 1 atom stereocenters. The number of nitrogens with zero attached hydrogens (tertiary/aromatic N) is 3. The number of anilines is 2. The first-order valence-corrected chi connectivity index (χ1v) is 13.5. The molecule has 3 heterocycles. The first-order chi connectivity index (χ1) is 18.5. The van der Waals surface area contributed by atoms with Crippen LogP contribution in [0.25, 0.3) is 11.3 Å². The molecule has 39 heavy (non-hydrogen) atoms. The van der Waals surface area contributed by atoms with E-state index < -0.39 is 23.7 Å². The largest absolute Gasteiger partial charge is 0.418 e. The van der Waals surface area contributed by atoms with E-state index in [1.807, 2.05) is 24.3 Å². The van der Waals surface area contributed by atoms with Gasteiger partial charge in [0.05, 0.1) is 22.2 Å². The second-order valence-electron chi connectivity index (χ2n) is 10.7. The van der Waals surface area contributed by atoms with Crippen molar-refractivity contribution in [3.63, 3.8) is 0 Å². The maximum absolute atomic E-state index is 12.9. The normalized spacial score (nSPS) is 22.9. The number of aliphatic hydroxyl groups is 1. The van der Waals surface area contributed by atoms with Crippen LogP contribution in [0.5, 0.6) is 0 Å². The van der Waals surface area contributed by atoms with Gasteiger partial charge in [0.1, 0.15) is 11.6 Å². The molecule has 0 radical (unpaired) electrons. The molecule has 12 heteroatoms. The van der Waals surface area contributed by atoms with Gasteiger partial charge in [-0.25, -0.2) is 9.97 Å². The fourth-order valence-corrected chi connectivity index (χ4v) is 5.04. The van der Waals surface area contributed by atoms with Gasteiger partial charge in [0, 0.05) is 50.1 Å². The van der Waals surface area contributed by atoms with Gasteiger partial charge in [0.25, 0.3) is 0 Å². The molecule has 8 nitrogen and oxygen atoms in total. The molecule has 0 spiro atoms. The number of pyridine rings is 2. The molecule has 0 bridgehead atoms. The lowest BCUT2D eigenvalue weighted by atomic mass is 9.82. The third-order valence-electron chi connectivity index (χ3n) is 7.60. The molecule has 212 valence electrons. The van der Waals surface area contributed by atoms with E-state index in [-0.39, 0.29) is 12.1 Å². The number of rotatable bonds is 9. The molecular weight excluding hydrogens is 533 g/mol. The maximum atomic E-state index is 12.9. The van der Waals surface area contributed by atoms with Crippen molar-refractivity contribution in [3.05, 3.63) is 35.5 Å². The average Bonchev–Trinajstić information content (AvgIpc) is 2.93. The van der Waals surface area contributed by atoms with Gasteiger partial charge in [-0.05, 0) is 63.6 Å². The van der Waals surface area contributed by atoms with E-state index >= 15 is 0 Å². The van der Waals surface area contributed by atoms with Crippen LogP contribution in [0.2, 0.25) is 5.02 Å². The summed E-state index contributed by atoms with van der Waals surface area (Å²) in [6.45, 7) is 1.87. The summed E-state index contributed by atoms with van der Waals surface area (Å²) >= 11 is 6.48. The fraction of sp³-hybridized carbons (Fsp3) is 0.593. The fourth-order valence-electron chi connectivity index (χ4n) is 4.84. The molecule has 0 aromatic carbocycles. The number of aromatic nitrogens is 2. The first kappa shape index (κ1) is 29.3. The molecule has 0 amide bonds. The van der Waals surface area contributed by atoms with Crippen molar-refractivity contribution in [3.8, 4) is 17.3 Å². The first-order valence-electron chi connectivity index (χ1n) is 13.2. The van der Waals surface area contributed by atoms with Gasteiger partial charge in [0.15, 0.2) is 5.60 Å². The molecule has 1 saturated carbocycles. The van der Waals surface area contributed by atoms with E-state index in [4.69, 9.17) is 21.3 Å². The SMILES string of the molecule is CC(O)(CNC1CCC(Nc2cc(-c3cccc(NCC4(C#N)CCOCC4)n3)c(Cl)cn2)CC1)C(F)(F)F. The quantitative estimate of drug-likeness (QED) is 0.329. The zero-order valence-corrected chi connectivity index (χ0v) is 22.6. The Labute approximate surface area is 231 Å². The molecule has 1 aliphatic heterocycles. The molecule has 4 N–H and O–H groups in total. The number of hydrogen-bond acceptors (Lipinski definition) is 8. The van der Waals surface area contributed by atoms with Gasteiger partial charge in [-0.15, -0.1) is 0 Å². The molecule has 2 aromatic rings.